The molecule has 0 N–H and O–H groups in total. The van der Waals surface area contributed by atoms with E-state index in [-0.39, 0.29) is 9.52 Å². The van der Waals surface area contributed by atoms with Crippen LogP contribution in [0.15, 0.2) is 12.7 Å². The second-order valence-corrected chi connectivity index (χ2v) is 4.87. The van der Waals surface area contributed by atoms with Crippen molar-refractivity contribution in [3.8, 4) is 0 Å². The minimum absolute atomic E-state index is 0.228. The minimum atomic E-state index is 0.228. The summed E-state index contributed by atoms with van der Waals surface area (Å²) in [5, 5.41) is 0. The first-order valence-corrected chi connectivity index (χ1v) is 4.75. The number of hydrogen-bond donors (Lipinski definition) is 0. The van der Waals surface area contributed by atoms with Crippen molar-refractivity contribution in [2.45, 2.75) is 25.4 Å². The summed E-state index contributed by atoms with van der Waals surface area (Å²) in [6.45, 7) is 8.22. The Morgan fingerprint density at radius 3 is 2.57 bits per heavy atom. The molecule has 0 aromatic rings. The molecule has 1 atom stereocenters. The smallest absolute Gasteiger partial charge is 0.0272 e. The molecule has 42 valence electrons. The van der Waals surface area contributed by atoms with E-state index in [9.17, 15) is 0 Å². The van der Waals surface area contributed by atoms with Gasteiger partial charge in [-0.3, -0.25) is 0 Å². The Balaban J connectivity index is 2.98. The highest BCUT2D eigenvalue weighted by Gasteiger charge is 1.90. The van der Waals surface area contributed by atoms with E-state index in [2.05, 4.69) is 26.5 Å². The predicted molar refractivity (Wildman–Crippen MR) is 38.6 cm³/mol. The van der Waals surface area contributed by atoms with E-state index in [0.29, 0.717) is 0 Å². The molecule has 0 aliphatic rings. The van der Waals surface area contributed by atoms with E-state index in [1.807, 2.05) is 0 Å². The molecular formula is C6H14Si. The lowest BCUT2D eigenvalue weighted by molar-refractivity contribution is 1.17. The van der Waals surface area contributed by atoms with Gasteiger partial charge in [0.25, 0.3) is 0 Å². The summed E-state index contributed by atoms with van der Waals surface area (Å²) in [4.78, 5) is 0. The molecule has 0 radical (unpaired) electrons. The Kier molecular flexibility index (Phi) is 4.10. The maximum absolute atomic E-state index is 3.71. The highest BCUT2D eigenvalue weighted by atomic mass is 28.2. The molecule has 0 spiro atoms. The van der Waals surface area contributed by atoms with Crippen LogP contribution in [0.25, 0.3) is 0 Å². The molecule has 0 nitrogen and oxygen atoms in total. The van der Waals surface area contributed by atoms with Crippen LogP contribution in [-0.4, -0.2) is 9.52 Å². The van der Waals surface area contributed by atoms with Crippen LogP contribution in [0.5, 0.6) is 0 Å². The molecule has 0 amide bonds. The molecule has 0 fully saturated rings. The third kappa shape index (κ3) is 3.80. The fraction of sp³-hybridized carbons (Fsp3) is 0.667. The lowest BCUT2D eigenvalue weighted by Gasteiger charge is -1.97. The molecule has 0 aliphatic heterocycles. The summed E-state index contributed by atoms with van der Waals surface area (Å²) >= 11 is 0. The average molecular weight is 114 g/mol. The molecule has 0 saturated heterocycles. The third-order valence-corrected chi connectivity index (χ3v) is 2.97. The van der Waals surface area contributed by atoms with E-state index >= 15 is 0 Å². The fourth-order valence-corrected chi connectivity index (χ4v) is 1.72. The Bertz CT molecular complexity index is 50.1. The van der Waals surface area contributed by atoms with Gasteiger partial charge in [-0.25, -0.2) is 0 Å². The van der Waals surface area contributed by atoms with Gasteiger partial charge in [0.2, 0.25) is 0 Å². The first-order valence-electron chi connectivity index (χ1n) is 2.93. The summed E-state index contributed by atoms with van der Waals surface area (Å²) in [5.74, 6) is 0. The van der Waals surface area contributed by atoms with Crippen LogP contribution >= 0.6 is 0 Å². The summed E-state index contributed by atoms with van der Waals surface area (Å²) in [6.07, 6.45) is 2.07. The van der Waals surface area contributed by atoms with Crippen molar-refractivity contribution in [3.05, 3.63) is 12.7 Å². The molecule has 0 aromatic carbocycles. The lowest BCUT2D eigenvalue weighted by Crippen LogP contribution is -1.91. The minimum Gasteiger partial charge on any atom is -0.103 e. The van der Waals surface area contributed by atoms with Crippen molar-refractivity contribution in [1.82, 2.24) is 0 Å². The summed E-state index contributed by atoms with van der Waals surface area (Å²) in [5.41, 5.74) is 0.852. The zero-order valence-electron chi connectivity index (χ0n) is 5.28. The maximum atomic E-state index is 3.71. The molecular weight excluding hydrogens is 100 g/mol. The van der Waals surface area contributed by atoms with Crippen LogP contribution in [0.3, 0.4) is 0 Å². The van der Waals surface area contributed by atoms with Gasteiger partial charge >= 0.3 is 0 Å². The molecule has 0 aromatic heterocycles. The van der Waals surface area contributed by atoms with Gasteiger partial charge in [0.15, 0.2) is 0 Å². The second-order valence-electron chi connectivity index (χ2n) is 2.00. The van der Waals surface area contributed by atoms with Gasteiger partial charge < -0.3 is 0 Å². The number of hydrogen-bond acceptors (Lipinski definition) is 0. The van der Waals surface area contributed by atoms with Crippen LogP contribution in [-0.2, 0) is 0 Å². The molecule has 0 bridgehead atoms. The van der Waals surface area contributed by atoms with Crippen molar-refractivity contribution in [2.75, 3.05) is 0 Å². The zero-order valence-corrected chi connectivity index (χ0v) is 6.69. The first kappa shape index (κ1) is 6.96. The summed E-state index contributed by atoms with van der Waals surface area (Å²) in [7, 11) is 0.228. The first-order chi connectivity index (χ1) is 3.31. The Labute approximate surface area is 48.4 Å². The van der Waals surface area contributed by atoms with Gasteiger partial charge in [-0.15, -0.1) is 6.58 Å². The normalized spacial score (nSPS) is 15.1. The van der Waals surface area contributed by atoms with Crippen LogP contribution in [0.4, 0.5) is 0 Å². The monoisotopic (exact) mass is 114 g/mol. The van der Waals surface area contributed by atoms with E-state index in [0.717, 1.165) is 5.54 Å². The topological polar surface area (TPSA) is 0 Å². The lowest BCUT2D eigenvalue weighted by atomic mass is 10.5. The van der Waals surface area contributed by atoms with Crippen molar-refractivity contribution in [1.29, 1.82) is 0 Å². The van der Waals surface area contributed by atoms with Crippen LogP contribution in [0.2, 0.25) is 11.6 Å². The van der Waals surface area contributed by atoms with Crippen LogP contribution in [0, 0.1) is 0 Å². The van der Waals surface area contributed by atoms with Crippen molar-refractivity contribution >= 4 is 9.52 Å². The number of allylic oxidation sites excluding steroid dienone is 1. The van der Waals surface area contributed by atoms with Gasteiger partial charge in [0.1, 0.15) is 0 Å². The number of rotatable bonds is 3. The third-order valence-electron chi connectivity index (χ3n) is 1.15. The molecule has 0 heterocycles. The van der Waals surface area contributed by atoms with Gasteiger partial charge in [-0.2, -0.15) is 0 Å². The zero-order chi connectivity index (χ0) is 5.70. The van der Waals surface area contributed by atoms with Gasteiger partial charge in [0.05, 0.1) is 0 Å². The molecule has 0 aliphatic carbocycles. The molecule has 1 heteroatoms. The highest BCUT2D eigenvalue weighted by Crippen LogP contribution is 2.01. The summed E-state index contributed by atoms with van der Waals surface area (Å²) < 4.78 is 0. The van der Waals surface area contributed by atoms with Gasteiger partial charge in [0, 0.05) is 9.52 Å². The van der Waals surface area contributed by atoms with Crippen molar-refractivity contribution in [3.63, 3.8) is 0 Å². The quantitative estimate of drug-likeness (QED) is 0.386. The summed E-state index contributed by atoms with van der Waals surface area (Å²) in [6, 6.07) is 1.41. The van der Waals surface area contributed by atoms with E-state index in [1.165, 1.54) is 6.04 Å². The van der Waals surface area contributed by atoms with Crippen molar-refractivity contribution in [2.24, 2.45) is 0 Å². The van der Waals surface area contributed by atoms with Crippen LogP contribution < -0.4 is 0 Å². The van der Waals surface area contributed by atoms with E-state index < -0.39 is 0 Å². The Hall–Kier alpha value is -0.0431. The molecule has 0 saturated carbocycles. The average Bonchev–Trinajstić information content (AvgIpc) is 1.68. The van der Waals surface area contributed by atoms with Gasteiger partial charge in [-0.1, -0.05) is 26.0 Å². The largest absolute Gasteiger partial charge is 0.103 e. The Morgan fingerprint density at radius 1 is 1.86 bits per heavy atom. The van der Waals surface area contributed by atoms with Crippen molar-refractivity contribution < 1.29 is 0 Å². The predicted octanol–water partition coefficient (Wildman–Crippen LogP) is 1.59. The van der Waals surface area contributed by atoms with E-state index in [4.69, 9.17) is 0 Å². The molecule has 1 unspecified atom stereocenters. The highest BCUT2D eigenvalue weighted by molar-refractivity contribution is 6.37. The van der Waals surface area contributed by atoms with Gasteiger partial charge in [-0.05, 0) is 5.54 Å². The van der Waals surface area contributed by atoms with Crippen LogP contribution in [0.1, 0.15) is 13.8 Å². The fourth-order valence-electron chi connectivity index (χ4n) is 0.573. The maximum Gasteiger partial charge on any atom is 0.0272 e. The Morgan fingerprint density at radius 2 is 2.43 bits per heavy atom. The molecule has 0 rings (SSSR count). The SMILES string of the molecule is C=CC(C)[SiH2]CC. The van der Waals surface area contributed by atoms with E-state index in [1.54, 1.807) is 0 Å². The standard InChI is InChI=1S/C6H14Si/c1-4-6(3)7-5-2/h4,6H,1,5,7H2,2-3H3. The molecule has 7 heavy (non-hydrogen) atoms. The second kappa shape index (κ2) is 4.12.